The van der Waals surface area contributed by atoms with Crippen molar-refractivity contribution in [2.45, 2.75) is 6.42 Å². The van der Waals surface area contributed by atoms with Gasteiger partial charge in [-0.25, -0.2) is 4.98 Å². The van der Waals surface area contributed by atoms with Crippen LogP contribution in [0.5, 0.6) is 0 Å². The van der Waals surface area contributed by atoms with Gasteiger partial charge in [0.15, 0.2) is 0 Å². The summed E-state index contributed by atoms with van der Waals surface area (Å²) < 4.78 is 0. The first-order valence-corrected chi connectivity index (χ1v) is 8.15. The number of halogens is 2. The predicted octanol–water partition coefficient (Wildman–Crippen LogP) is 2.67. The molecule has 0 spiro atoms. The van der Waals surface area contributed by atoms with E-state index in [0.717, 1.165) is 5.01 Å². The molecule has 0 aliphatic carbocycles. The minimum Gasteiger partial charge on any atom is -0.345 e. The van der Waals surface area contributed by atoms with Crippen molar-refractivity contribution in [3.63, 3.8) is 0 Å². The van der Waals surface area contributed by atoms with Crippen LogP contribution in [-0.2, 0) is 6.42 Å². The van der Waals surface area contributed by atoms with Crippen molar-refractivity contribution in [1.82, 2.24) is 9.88 Å². The van der Waals surface area contributed by atoms with Crippen LogP contribution in [0.15, 0.2) is 23.6 Å². The standard InChI is InChI=1S/C15H17ClN4O2S.ClH/c1-20(2)15(22)10-7-9(3-4-11(10)16)18-14(21)12-8-23-13(19-12)5-6-17;/h3-4,7-8H,5-6,17H2,1-2H3,(H,18,21);1H. The van der Waals surface area contributed by atoms with E-state index in [1.165, 1.54) is 16.2 Å². The summed E-state index contributed by atoms with van der Waals surface area (Å²) in [6.07, 6.45) is 0.639. The fourth-order valence-electron chi connectivity index (χ4n) is 1.86. The average molecular weight is 389 g/mol. The average Bonchev–Trinajstić information content (AvgIpc) is 2.97. The minimum absolute atomic E-state index is 0. The summed E-state index contributed by atoms with van der Waals surface area (Å²) in [7, 11) is 3.27. The van der Waals surface area contributed by atoms with Gasteiger partial charge in [0.05, 0.1) is 15.6 Å². The first-order valence-electron chi connectivity index (χ1n) is 6.89. The van der Waals surface area contributed by atoms with Gasteiger partial charge in [0.25, 0.3) is 11.8 Å². The van der Waals surface area contributed by atoms with E-state index in [1.54, 1.807) is 37.7 Å². The lowest BCUT2D eigenvalue weighted by Gasteiger charge is -2.13. The van der Waals surface area contributed by atoms with Crippen LogP contribution in [0, 0.1) is 0 Å². The molecule has 1 aromatic heterocycles. The van der Waals surface area contributed by atoms with E-state index in [0.29, 0.717) is 34.9 Å². The molecule has 130 valence electrons. The molecule has 24 heavy (non-hydrogen) atoms. The number of thiazole rings is 1. The molecule has 0 radical (unpaired) electrons. The number of aromatic nitrogens is 1. The minimum atomic E-state index is -0.338. The molecule has 0 aliphatic rings. The first-order chi connectivity index (χ1) is 10.9. The van der Waals surface area contributed by atoms with Crippen molar-refractivity contribution in [2.75, 3.05) is 26.0 Å². The number of anilines is 1. The van der Waals surface area contributed by atoms with Gasteiger partial charge < -0.3 is 16.0 Å². The van der Waals surface area contributed by atoms with Crippen LogP contribution in [0.4, 0.5) is 5.69 Å². The van der Waals surface area contributed by atoms with Crippen LogP contribution in [0.1, 0.15) is 25.9 Å². The van der Waals surface area contributed by atoms with E-state index in [-0.39, 0.29) is 24.2 Å². The lowest BCUT2D eigenvalue weighted by Crippen LogP contribution is -2.22. The normalized spacial score (nSPS) is 10.0. The van der Waals surface area contributed by atoms with Crippen LogP contribution < -0.4 is 11.1 Å². The Labute approximate surface area is 155 Å². The highest BCUT2D eigenvalue weighted by atomic mass is 35.5. The van der Waals surface area contributed by atoms with Gasteiger partial charge in [-0.05, 0) is 24.7 Å². The molecule has 0 atom stereocenters. The second kappa shape index (κ2) is 8.98. The van der Waals surface area contributed by atoms with E-state index in [1.807, 2.05) is 0 Å². The lowest BCUT2D eigenvalue weighted by atomic mass is 10.1. The molecule has 2 amide bonds. The number of carbonyl (C=O) groups is 2. The molecule has 0 bridgehead atoms. The van der Waals surface area contributed by atoms with Gasteiger partial charge in [0.2, 0.25) is 0 Å². The number of nitrogens with two attached hydrogens (primary N) is 1. The van der Waals surface area contributed by atoms with Crippen molar-refractivity contribution in [3.8, 4) is 0 Å². The van der Waals surface area contributed by atoms with Gasteiger partial charge in [-0.2, -0.15) is 0 Å². The third-order valence-corrected chi connectivity index (χ3v) is 4.24. The quantitative estimate of drug-likeness (QED) is 0.823. The van der Waals surface area contributed by atoms with Crippen LogP contribution in [0.3, 0.4) is 0 Å². The highest BCUT2D eigenvalue weighted by molar-refractivity contribution is 7.09. The SMILES string of the molecule is CN(C)C(=O)c1cc(NC(=O)c2csc(CCN)n2)ccc1Cl.Cl. The predicted molar refractivity (Wildman–Crippen MR) is 99.5 cm³/mol. The summed E-state index contributed by atoms with van der Waals surface area (Å²) in [4.78, 5) is 29.9. The van der Waals surface area contributed by atoms with E-state index in [2.05, 4.69) is 10.3 Å². The third kappa shape index (κ3) is 4.91. The van der Waals surface area contributed by atoms with Crippen molar-refractivity contribution >= 4 is 52.8 Å². The topological polar surface area (TPSA) is 88.3 Å². The van der Waals surface area contributed by atoms with Crippen LogP contribution in [-0.4, -0.2) is 42.3 Å². The summed E-state index contributed by atoms with van der Waals surface area (Å²) in [5.41, 5.74) is 6.61. The van der Waals surface area contributed by atoms with Crippen LogP contribution in [0.2, 0.25) is 5.02 Å². The van der Waals surface area contributed by atoms with Crippen molar-refractivity contribution in [1.29, 1.82) is 0 Å². The molecule has 2 rings (SSSR count). The zero-order valence-electron chi connectivity index (χ0n) is 13.2. The molecule has 1 heterocycles. The molecule has 1 aromatic carbocycles. The number of carbonyl (C=O) groups excluding carboxylic acids is 2. The van der Waals surface area contributed by atoms with Gasteiger partial charge in [0, 0.05) is 31.6 Å². The van der Waals surface area contributed by atoms with Gasteiger partial charge in [-0.3, -0.25) is 9.59 Å². The maximum Gasteiger partial charge on any atom is 0.275 e. The Morgan fingerprint density at radius 2 is 2.08 bits per heavy atom. The molecule has 0 saturated carbocycles. The first kappa shape index (κ1) is 20.4. The fraction of sp³-hybridized carbons (Fsp3) is 0.267. The number of nitrogens with zero attached hydrogens (tertiary/aromatic N) is 2. The Bertz CT molecular complexity index is 734. The van der Waals surface area contributed by atoms with E-state index in [9.17, 15) is 9.59 Å². The molecule has 0 aliphatic heterocycles. The lowest BCUT2D eigenvalue weighted by molar-refractivity contribution is 0.0827. The van der Waals surface area contributed by atoms with Crippen molar-refractivity contribution < 1.29 is 9.59 Å². The van der Waals surface area contributed by atoms with Crippen LogP contribution in [0.25, 0.3) is 0 Å². The zero-order chi connectivity index (χ0) is 17.0. The number of benzene rings is 1. The number of nitrogens with one attached hydrogen (secondary N) is 1. The molecule has 2 aromatic rings. The maximum atomic E-state index is 12.2. The molecule has 6 nitrogen and oxygen atoms in total. The highest BCUT2D eigenvalue weighted by Gasteiger charge is 2.15. The zero-order valence-corrected chi connectivity index (χ0v) is 15.6. The molecule has 0 unspecified atom stereocenters. The molecule has 0 fully saturated rings. The Hall–Kier alpha value is -1.67. The Balaban J connectivity index is 0.00000288. The molecule has 3 N–H and O–H groups in total. The molecule has 9 heteroatoms. The molecular formula is C15H18Cl2N4O2S. The Morgan fingerprint density at radius 1 is 1.38 bits per heavy atom. The van der Waals surface area contributed by atoms with Gasteiger partial charge >= 0.3 is 0 Å². The second-order valence-corrected chi connectivity index (χ2v) is 6.36. The maximum absolute atomic E-state index is 12.2. The van der Waals surface area contributed by atoms with Crippen LogP contribution >= 0.6 is 35.3 Å². The van der Waals surface area contributed by atoms with Crippen molar-refractivity contribution in [2.24, 2.45) is 5.73 Å². The Morgan fingerprint density at radius 3 is 2.71 bits per heavy atom. The number of amides is 2. The Kier molecular flexibility index (Phi) is 7.62. The van der Waals surface area contributed by atoms with Gasteiger partial charge in [-0.15, -0.1) is 23.7 Å². The third-order valence-electron chi connectivity index (χ3n) is 3.00. The van der Waals surface area contributed by atoms with Gasteiger partial charge in [0.1, 0.15) is 5.69 Å². The van der Waals surface area contributed by atoms with Crippen molar-refractivity contribution in [3.05, 3.63) is 44.9 Å². The number of rotatable bonds is 5. The molecule has 0 saturated heterocycles. The van der Waals surface area contributed by atoms with E-state index >= 15 is 0 Å². The summed E-state index contributed by atoms with van der Waals surface area (Å²) >= 11 is 7.44. The van der Waals surface area contributed by atoms with E-state index in [4.69, 9.17) is 17.3 Å². The summed E-state index contributed by atoms with van der Waals surface area (Å²) in [6, 6.07) is 4.77. The second-order valence-electron chi connectivity index (χ2n) is 5.01. The smallest absolute Gasteiger partial charge is 0.275 e. The molecular weight excluding hydrogens is 371 g/mol. The monoisotopic (exact) mass is 388 g/mol. The largest absolute Gasteiger partial charge is 0.345 e. The summed E-state index contributed by atoms with van der Waals surface area (Å²) in [6.45, 7) is 0.488. The number of hydrogen-bond donors (Lipinski definition) is 2. The highest BCUT2D eigenvalue weighted by Crippen LogP contribution is 2.22. The summed E-state index contributed by atoms with van der Waals surface area (Å²) in [5, 5.41) is 5.55. The van der Waals surface area contributed by atoms with Gasteiger partial charge in [-0.1, -0.05) is 11.6 Å². The van der Waals surface area contributed by atoms with E-state index < -0.39 is 0 Å². The summed E-state index contributed by atoms with van der Waals surface area (Å²) in [5.74, 6) is -0.569. The fourth-order valence-corrected chi connectivity index (χ4v) is 2.85. The number of hydrogen-bond acceptors (Lipinski definition) is 5.